The Morgan fingerprint density at radius 1 is 0.884 bits per heavy atom. The number of methoxy groups -OCH3 is 1. The molecule has 5 aromatic rings. The third kappa shape index (κ3) is 6.17. The zero-order chi connectivity index (χ0) is 29.9. The van der Waals surface area contributed by atoms with Gasteiger partial charge in [-0.25, -0.2) is 0 Å². The first-order chi connectivity index (χ1) is 20.9. The molecule has 0 radical (unpaired) electrons. The average molecular weight is 592 g/mol. The number of carbonyl (C=O) groups excluding carboxylic acids is 2. The molecule has 1 unspecified atom stereocenters. The van der Waals surface area contributed by atoms with Gasteiger partial charge in [0.2, 0.25) is 5.91 Å². The fraction of sp³-hybridized carbons (Fsp3) is 0.171. The number of carbonyl (C=O) groups is 2. The van der Waals surface area contributed by atoms with Crippen molar-refractivity contribution in [2.75, 3.05) is 17.7 Å². The molecule has 0 aliphatic heterocycles. The number of para-hydroxylation sites is 1. The fourth-order valence-electron chi connectivity index (χ4n) is 5.76. The van der Waals surface area contributed by atoms with Gasteiger partial charge in [0.1, 0.15) is 11.3 Å². The normalized spacial score (nSPS) is 13.9. The number of hydrogen-bond donors (Lipinski definition) is 2. The van der Waals surface area contributed by atoms with Gasteiger partial charge in [0.05, 0.1) is 24.7 Å². The van der Waals surface area contributed by atoms with Gasteiger partial charge in [0, 0.05) is 22.6 Å². The van der Waals surface area contributed by atoms with Crippen LogP contribution in [0, 0.1) is 5.92 Å². The van der Waals surface area contributed by atoms with Crippen LogP contribution in [0.3, 0.4) is 0 Å². The molecule has 1 atom stereocenters. The lowest BCUT2D eigenvalue weighted by Gasteiger charge is -2.18. The number of amides is 2. The molecule has 43 heavy (non-hydrogen) atoms. The van der Waals surface area contributed by atoms with Crippen LogP contribution in [0.1, 0.15) is 27.0 Å². The summed E-state index contributed by atoms with van der Waals surface area (Å²) >= 11 is 6.24. The third-order valence-corrected chi connectivity index (χ3v) is 8.07. The van der Waals surface area contributed by atoms with Crippen molar-refractivity contribution in [3.63, 3.8) is 0 Å². The quantitative estimate of drug-likeness (QED) is 0.215. The first kappa shape index (κ1) is 28.2. The predicted octanol–water partition coefficient (Wildman–Crippen LogP) is 6.51. The molecule has 4 aromatic carbocycles. The molecule has 0 saturated carbocycles. The van der Waals surface area contributed by atoms with Gasteiger partial charge >= 0.3 is 0 Å². The van der Waals surface area contributed by atoms with Gasteiger partial charge in [0.15, 0.2) is 0 Å². The third-order valence-electron chi connectivity index (χ3n) is 7.84. The van der Waals surface area contributed by atoms with Gasteiger partial charge in [-0.05, 0) is 90.0 Å². The van der Waals surface area contributed by atoms with Crippen molar-refractivity contribution in [2.24, 2.45) is 5.92 Å². The van der Waals surface area contributed by atoms with E-state index < -0.39 is 5.91 Å². The Morgan fingerprint density at radius 3 is 2.42 bits per heavy atom. The van der Waals surface area contributed by atoms with E-state index >= 15 is 0 Å². The molecule has 2 N–H and O–H groups in total. The van der Waals surface area contributed by atoms with Gasteiger partial charge in [-0.2, -0.15) is 0 Å². The summed E-state index contributed by atoms with van der Waals surface area (Å²) in [4.78, 5) is 40.5. The summed E-state index contributed by atoms with van der Waals surface area (Å²) in [6.45, 7) is 0.414. The Labute approximate surface area is 254 Å². The van der Waals surface area contributed by atoms with Crippen LogP contribution in [-0.2, 0) is 30.6 Å². The number of nitrogens with zero attached hydrogens (tertiary/aromatic N) is 1. The lowest BCUT2D eigenvalue weighted by molar-refractivity contribution is -0.115. The number of hydrogen-bond acceptors (Lipinski definition) is 4. The van der Waals surface area contributed by atoms with Crippen molar-refractivity contribution in [3.05, 3.63) is 135 Å². The molecular formula is C35H30ClN3O4. The number of benzene rings is 4. The number of halogens is 1. The predicted molar refractivity (Wildman–Crippen MR) is 170 cm³/mol. The molecule has 0 bridgehead atoms. The van der Waals surface area contributed by atoms with Crippen LogP contribution < -0.4 is 20.9 Å². The second-order valence-electron chi connectivity index (χ2n) is 10.8. The molecule has 2 amide bonds. The summed E-state index contributed by atoms with van der Waals surface area (Å²) < 4.78 is 6.88. The van der Waals surface area contributed by atoms with Crippen molar-refractivity contribution in [2.45, 2.75) is 25.8 Å². The minimum absolute atomic E-state index is 0.00626. The highest BCUT2D eigenvalue weighted by atomic mass is 35.5. The molecule has 6 rings (SSSR count). The summed E-state index contributed by atoms with van der Waals surface area (Å²) in [5, 5.41) is 7.15. The highest BCUT2D eigenvalue weighted by molar-refractivity contribution is 6.30. The Morgan fingerprint density at radius 2 is 1.65 bits per heavy atom. The number of nitrogens with one attached hydrogen (secondary N) is 2. The van der Waals surface area contributed by atoms with E-state index in [0.717, 1.165) is 18.4 Å². The summed E-state index contributed by atoms with van der Waals surface area (Å²) in [5.74, 6) is 0.141. The van der Waals surface area contributed by atoms with Crippen molar-refractivity contribution in [1.29, 1.82) is 0 Å². The van der Waals surface area contributed by atoms with Crippen molar-refractivity contribution >= 4 is 45.7 Å². The molecule has 8 heteroatoms. The van der Waals surface area contributed by atoms with Gasteiger partial charge in [0.25, 0.3) is 11.5 Å². The number of rotatable bonds is 8. The summed E-state index contributed by atoms with van der Waals surface area (Å²) in [7, 11) is 1.59. The second-order valence-corrected chi connectivity index (χ2v) is 11.2. The topological polar surface area (TPSA) is 89.4 Å². The highest BCUT2D eigenvalue weighted by Gasteiger charge is 2.25. The zero-order valence-corrected chi connectivity index (χ0v) is 24.4. The van der Waals surface area contributed by atoms with Crippen LogP contribution in [0.15, 0.2) is 102 Å². The van der Waals surface area contributed by atoms with E-state index in [2.05, 4.69) is 10.6 Å². The average Bonchev–Trinajstić information content (AvgIpc) is 3.41. The van der Waals surface area contributed by atoms with Gasteiger partial charge in [-0.3, -0.25) is 14.4 Å². The number of pyridine rings is 1. The van der Waals surface area contributed by atoms with Gasteiger partial charge in [-0.15, -0.1) is 0 Å². The Kier molecular flexibility index (Phi) is 7.99. The van der Waals surface area contributed by atoms with E-state index in [1.807, 2.05) is 72.8 Å². The maximum atomic E-state index is 13.9. The minimum Gasteiger partial charge on any atom is -0.497 e. The maximum absolute atomic E-state index is 13.9. The van der Waals surface area contributed by atoms with Crippen LogP contribution in [0.5, 0.6) is 5.75 Å². The summed E-state index contributed by atoms with van der Waals surface area (Å²) in [5.41, 5.74) is 4.62. The Hall–Kier alpha value is -4.88. The molecule has 1 aromatic heterocycles. The Balaban J connectivity index is 1.36. The van der Waals surface area contributed by atoms with Crippen molar-refractivity contribution in [1.82, 2.24) is 4.57 Å². The molecule has 0 saturated heterocycles. The van der Waals surface area contributed by atoms with Crippen molar-refractivity contribution < 1.29 is 14.3 Å². The first-order valence-electron chi connectivity index (χ1n) is 14.1. The smallest absolute Gasteiger partial charge is 0.263 e. The largest absolute Gasteiger partial charge is 0.497 e. The monoisotopic (exact) mass is 591 g/mol. The fourth-order valence-corrected chi connectivity index (χ4v) is 5.96. The number of anilines is 2. The number of ether oxygens (including phenoxy) is 1. The van der Waals surface area contributed by atoms with E-state index in [1.54, 1.807) is 35.9 Å². The SMILES string of the molecule is COc1ccc(CC(=O)Nc2cccc3c2cc(C(=O)Nc2ccccc2)c(=O)n3CC2Cc3ccc(Cl)cc3C2)cc1. The zero-order valence-electron chi connectivity index (χ0n) is 23.6. The minimum atomic E-state index is -0.507. The molecule has 1 aliphatic carbocycles. The van der Waals surface area contributed by atoms with Crippen LogP contribution >= 0.6 is 11.6 Å². The van der Waals surface area contributed by atoms with Crippen LogP contribution in [0.4, 0.5) is 11.4 Å². The van der Waals surface area contributed by atoms with Crippen LogP contribution in [-0.4, -0.2) is 23.5 Å². The van der Waals surface area contributed by atoms with Crippen LogP contribution in [0.25, 0.3) is 10.9 Å². The first-order valence-corrected chi connectivity index (χ1v) is 14.5. The summed E-state index contributed by atoms with van der Waals surface area (Å²) in [6.07, 6.45) is 1.74. The second kappa shape index (κ2) is 12.2. The van der Waals surface area contributed by atoms with Crippen molar-refractivity contribution in [3.8, 4) is 5.75 Å². The molecule has 7 nitrogen and oxygen atoms in total. The number of fused-ring (bicyclic) bond motifs is 2. The molecule has 0 fully saturated rings. The lowest BCUT2D eigenvalue weighted by Crippen LogP contribution is -2.31. The van der Waals surface area contributed by atoms with E-state index in [0.29, 0.717) is 39.6 Å². The maximum Gasteiger partial charge on any atom is 0.263 e. The number of aromatic nitrogens is 1. The van der Waals surface area contributed by atoms with Gasteiger partial charge in [-0.1, -0.05) is 54.1 Å². The van der Waals surface area contributed by atoms with E-state index in [4.69, 9.17) is 16.3 Å². The molecular weight excluding hydrogens is 562 g/mol. The van der Waals surface area contributed by atoms with E-state index in [1.165, 1.54) is 11.1 Å². The molecule has 1 aliphatic rings. The van der Waals surface area contributed by atoms with Crippen LogP contribution in [0.2, 0.25) is 5.02 Å². The van der Waals surface area contributed by atoms with Gasteiger partial charge < -0.3 is 19.9 Å². The van der Waals surface area contributed by atoms with E-state index in [9.17, 15) is 14.4 Å². The Bertz CT molecular complexity index is 1880. The molecule has 0 spiro atoms. The summed E-state index contributed by atoms with van der Waals surface area (Å²) in [6, 6.07) is 29.3. The lowest BCUT2D eigenvalue weighted by atomic mass is 10.0. The van der Waals surface area contributed by atoms with E-state index in [-0.39, 0.29) is 29.4 Å². The standard InChI is InChI=1S/C35H30ClN3O4/c1-43-28-14-10-22(11-15-28)18-33(40)38-31-8-5-9-32-29(31)20-30(34(41)37-27-6-3-2-4-7-27)35(42)39(32)21-23-16-24-12-13-26(36)19-25(24)17-23/h2-15,19-20,23H,16-18,21H2,1H3,(H,37,41)(H,38,40). The highest BCUT2D eigenvalue weighted by Crippen LogP contribution is 2.31. The molecule has 1 heterocycles. The molecule has 216 valence electrons.